The molecule has 1 aromatic rings. The van der Waals surface area contributed by atoms with Crippen LogP contribution in [-0.2, 0) is 4.74 Å². The van der Waals surface area contributed by atoms with E-state index in [4.69, 9.17) is 9.47 Å². The van der Waals surface area contributed by atoms with Gasteiger partial charge in [0.1, 0.15) is 5.69 Å². The highest BCUT2D eigenvalue weighted by molar-refractivity contribution is 5.77. The molecular formula is C11H14N2O3. The maximum absolute atomic E-state index is 10.7. The maximum Gasteiger partial charge on any atom is 0.237 e. The van der Waals surface area contributed by atoms with Crippen LogP contribution >= 0.6 is 0 Å². The van der Waals surface area contributed by atoms with E-state index in [1.165, 1.54) is 6.20 Å². The van der Waals surface area contributed by atoms with Crippen molar-refractivity contribution < 1.29 is 14.3 Å². The molecule has 0 spiro atoms. The first-order valence-electron chi connectivity index (χ1n) is 5.17. The van der Waals surface area contributed by atoms with E-state index in [9.17, 15) is 4.79 Å². The summed E-state index contributed by atoms with van der Waals surface area (Å²) in [6, 6.07) is 1.80. The molecule has 0 amide bonds. The Hall–Kier alpha value is -1.62. The van der Waals surface area contributed by atoms with E-state index in [-0.39, 0.29) is 0 Å². The molecule has 0 unspecified atom stereocenters. The molecule has 2 heterocycles. The quantitative estimate of drug-likeness (QED) is 0.706. The maximum atomic E-state index is 10.7. The van der Waals surface area contributed by atoms with Gasteiger partial charge in [-0.2, -0.15) is 0 Å². The zero-order chi connectivity index (χ0) is 11.4. The Balaban J connectivity index is 2.31. The number of hydrogen-bond acceptors (Lipinski definition) is 5. The normalized spacial score (nSPS) is 15.9. The Morgan fingerprint density at radius 1 is 1.50 bits per heavy atom. The van der Waals surface area contributed by atoms with Crippen LogP contribution in [-0.4, -0.2) is 44.7 Å². The van der Waals surface area contributed by atoms with E-state index in [1.54, 1.807) is 13.2 Å². The van der Waals surface area contributed by atoms with Gasteiger partial charge < -0.3 is 14.4 Å². The fourth-order valence-electron chi connectivity index (χ4n) is 1.71. The van der Waals surface area contributed by atoms with Crippen LogP contribution < -0.4 is 9.64 Å². The largest absolute Gasteiger partial charge is 0.480 e. The van der Waals surface area contributed by atoms with Gasteiger partial charge in [-0.25, -0.2) is 4.98 Å². The minimum absolute atomic E-state index is 0.549. The summed E-state index contributed by atoms with van der Waals surface area (Å²) in [5.74, 6) is 0.549. The second-order valence-corrected chi connectivity index (χ2v) is 3.51. The minimum atomic E-state index is 0.549. The fraction of sp³-hybridized carbons (Fsp3) is 0.455. The summed E-state index contributed by atoms with van der Waals surface area (Å²) >= 11 is 0. The molecule has 1 aromatic heterocycles. The van der Waals surface area contributed by atoms with Crippen molar-refractivity contribution in [2.24, 2.45) is 0 Å². The SMILES string of the molecule is COc1ncc(C=O)cc1N1CCOCC1. The Morgan fingerprint density at radius 2 is 2.25 bits per heavy atom. The molecule has 0 bridgehead atoms. The summed E-state index contributed by atoms with van der Waals surface area (Å²) in [5.41, 5.74) is 1.41. The number of methoxy groups -OCH3 is 1. The first-order valence-corrected chi connectivity index (χ1v) is 5.17. The van der Waals surface area contributed by atoms with Gasteiger partial charge in [-0.3, -0.25) is 4.79 Å². The van der Waals surface area contributed by atoms with E-state index >= 15 is 0 Å². The molecule has 0 atom stereocenters. The zero-order valence-corrected chi connectivity index (χ0v) is 9.18. The number of aromatic nitrogens is 1. The highest BCUT2D eigenvalue weighted by Crippen LogP contribution is 2.26. The summed E-state index contributed by atoms with van der Waals surface area (Å²) < 4.78 is 10.5. The van der Waals surface area contributed by atoms with Crippen molar-refractivity contribution in [3.8, 4) is 5.88 Å². The zero-order valence-electron chi connectivity index (χ0n) is 9.18. The lowest BCUT2D eigenvalue weighted by Crippen LogP contribution is -2.36. The Labute approximate surface area is 94.0 Å². The first kappa shape index (κ1) is 10.9. The van der Waals surface area contributed by atoms with Gasteiger partial charge in [0.25, 0.3) is 0 Å². The summed E-state index contributed by atoms with van der Waals surface area (Å²) in [6.45, 7) is 2.96. The number of anilines is 1. The van der Waals surface area contributed by atoms with Gasteiger partial charge in [0.05, 0.1) is 20.3 Å². The number of hydrogen-bond donors (Lipinski definition) is 0. The summed E-state index contributed by atoms with van der Waals surface area (Å²) in [6.07, 6.45) is 2.30. The molecule has 0 N–H and O–H groups in total. The van der Waals surface area contributed by atoms with Crippen LogP contribution in [0.25, 0.3) is 0 Å². The highest BCUT2D eigenvalue weighted by atomic mass is 16.5. The average molecular weight is 222 g/mol. The van der Waals surface area contributed by atoms with Crippen molar-refractivity contribution in [2.45, 2.75) is 0 Å². The average Bonchev–Trinajstić information content (AvgIpc) is 2.39. The number of aldehydes is 1. The number of nitrogens with zero attached hydrogens (tertiary/aromatic N) is 2. The van der Waals surface area contributed by atoms with Gasteiger partial charge in [-0.1, -0.05) is 0 Å². The topological polar surface area (TPSA) is 51.7 Å². The summed E-state index contributed by atoms with van der Waals surface area (Å²) in [5, 5.41) is 0. The molecule has 1 fully saturated rings. The van der Waals surface area contributed by atoms with Gasteiger partial charge >= 0.3 is 0 Å². The first-order chi connectivity index (χ1) is 7.85. The monoisotopic (exact) mass is 222 g/mol. The predicted octanol–water partition coefficient (Wildman–Crippen LogP) is 0.739. The lowest BCUT2D eigenvalue weighted by Gasteiger charge is -2.29. The molecule has 5 nitrogen and oxygen atoms in total. The number of ether oxygens (including phenoxy) is 2. The van der Waals surface area contributed by atoms with Crippen molar-refractivity contribution >= 4 is 12.0 Å². The molecule has 1 aliphatic heterocycles. The van der Waals surface area contributed by atoms with Crippen LogP contribution in [0.1, 0.15) is 10.4 Å². The molecule has 1 aliphatic rings. The lowest BCUT2D eigenvalue weighted by molar-refractivity contribution is 0.112. The van der Waals surface area contributed by atoms with Crippen molar-refractivity contribution in [3.63, 3.8) is 0 Å². The number of carbonyl (C=O) groups excluding carboxylic acids is 1. The Kier molecular flexibility index (Phi) is 3.36. The number of morpholine rings is 1. The summed E-state index contributed by atoms with van der Waals surface area (Å²) in [4.78, 5) is 16.9. The Bertz CT molecular complexity index is 375. The minimum Gasteiger partial charge on any atom is -0.480 e. The molecular weight excluding hydrogens is 208 g/mol. The lowest BCUT2D eigenvalue weighted by atomic mass is 10.2. The standard InChI is InChI=1S/C11H14N2O3/c1-15-11-10(6-9(8-14)7-12-11)13-2-4-16-5-3-13/h6-8H,2-5H2,1H3. The van der Waals surface area contributed by atoms with E-state index in [1.807, 2.05) is 0 Å². The van der Waals surface area contributed by atoms with Crippen LogP contribution in [0.2, 0.25) is 0 Å². The van der Waals surface area contributed by atoms with Crippen molar-refractivity contribution in [1.29, 1.82) is 0 Å². The van der Waals surface area contributed by atoms with Gasteiger partial charge in [-0.15, -0.1) is 0 Å². The van der Waals surface area contributed by atoms with Crippen molar-refractivity contribution in [1.82, 2.24) is 4.98 Å². The van der Waals surface area contributed by atoms with E-state index in [2.05, 4.69) is 9.88 Å². The smallest absolute Gasteiger partial charge is 0.237 e. The second kappa shape index (κ2) is 4.94. The van der Waals surface area contributed by atoms with Crippen LogP contribution in [0.5, 0.6) is 5.88 Å². The van der Waals surface area contributed by atoms with Gasteiger partial charge in [0.2, 0.25) is 5.88 Å². The van der Waals surface area contributed by atoms with Crippen LogP contribution in [0.15, 0.2) is 12.3 Å². The third-order valence-electron chi connectivity index (χ3n) is 2.53. The van der Waals surface area contributed by atoms with Gasteiger partial charge in [0, 0.05) is 24.8 Å². The number of rotatable bonds is 3. The molecule has 0 aliphatic carbocycles. The Morgan fingerprint density at radius 3 is 2.88 bits per heavy atom. The van der Waals surface area contributed by atoms with E-state index in [0.29, 0.717) is 24.7 Å². The number of pyridine rings is 1. The van der Waals surface area contributed by atoms with Crippen molar-refractivity contribution in [3.05, 3.63) is 17.8 Å². The molecule has 86 valence electrons. The van der Waals surface area contributed by atoms with E-state index < -0.39 is 0 Å². The van der Waals surface area contributed by atoms with Crippen LogP contribution in [0, 0.1) is 0 Å². The van der Waals surface area contributed by atoms with Gasteiger partial charge in [-0.05, 0) is 6.07 Å². The van der Waals surface area contributed by atoms with Crippen LogP contribution in [0.4, 0.5) is 5.69 Å². The third-order valence-corrected chi connectivity index (χ3v) is 2.53. The predicted molar refractivity (Wildman–Crippen MR) is 59.2 cm³/mol. The highest BCUT2D eigenvalue weighted by Gasteiger charge is 2.16. The molecule has 1 saturated heterocycles. The molecule has 16 heavy (non-hydrogen) atoms. The molecule has 0 aromatic carbocycles. The third kappa shape index (κ3) is 2.14. The molecule has 0 radical (unpaired) electrons. The second-order valence-electron chi connectivity index (χ2n) is 3.51. The fourth-order valence-corrected chi connectivity index (χ4v) is 1.71. The summed E-state index contributed by atoms with van der Waals surface area (Å²) in [7, 11) is 1.58. The molecule has 5 heteroatoms. The van der Waals surface area contributed by atoms with Gasteiger partial charge in [0.15, 0.2) is 6.29 Å². The molecule has 2 rings (SSSR count). The molecule has 0 saturated carbocycles. The number of carbonyl (C=O) groups is 1. The van der Waals surface area contributed by atoms with E-state index in [0.717, 1.165) is 25.1 Å². The van der Waals surface area contributed by atoms with Crippen molar-refractivity contribution in [2.75, 3.05) is 38.3 Å². The van der Waals surface area contributed by atoms with Crippen LogP contribution in [0.3, 0.4) is 0 Å².